The summed E-state index contributed by atoms with van der Waals surface area (Å²) >= 11 is 0. The van der Waals surface area contributed by atoms with Gasteiger partial charge in [0.2, 0.25) is 0 Å². The minimum atomic E-state index is -0.629. The molecule has 1 N–H and O–H groups in total. The molecule has 0 aliphatic rings. The van der Waals surface area contributed by atoms with Crippen LogP contribution in [0.3, 0.4) is 0 Å². The van der Waals surface area contributed by atoms with Crippen LogP contribution in [0.15, 0.2) is 65.7 Å². The van der Waals surface area contributed by atoms with Gasteiger partial charge >= 0.3 is 5.97 Å². The van der Waals surface area contributed by atoms with E-state index in [9.17, 15) is 14.4 Å². The van der Waals surface area contributed by atoms with Crippen molar-refractivity contribution in [2.45, 2.75) is 32.4 Å². The molecule has 0 saturated heterocycles. The van der Waals surface area contributed by atoms with E-state index in [0.29, 0.717) is 5.65 Å². The molecule has 0 aliphatic carbocycles. The van der Waals surface area contributed by atoms with Crippen molar-refractivity contribution in [2.75, 3.05) is 0 Å². The van der Waals surface area contributed by atoms with Crippen LogP contribution >= 0.6 is 0 Å². The molecule has 0 saturated carbocycles. The second-order valence-electron chi connectivity index (χ2n) is 6.59. The number of hydrogen-bond acceptors (Lipinski definition) is 5. The smallest absolute Gasteiger partial charge is 0.308 e. The molecule has 0 fully saturated rings. The molecule has 1 amide bonds. The molecule has 0 radical (unpaired) electrons. The molecule has 1 atom stereocenters. The first kappa shape index (κ1) is 19.3. The molecule has 7 nitrogen and oxygen atoms in total. The maximum Gasteiger partial charge on any atom is 0.308 e. The van der Waals surface area contributed by atoms with Gasteiger partial charge in [-0.25, -0.2) is 4.98 Å². The van der Waals surface area contributed by atoms with E-state index in [1.807, 2.05) is 18.2 Å². The van der Waals surface area contributed by atoms with Crippen molar-refractivity contribution in [2.24, 2.45) is 0 Å². The third-order valence-electron chi connectivity index (χ3n) is 4.10. The highest BCUT2D eigenvalue weighted by atomic mass is 16.5. The van der Waals surface area contributed by atoms with Gasteiger partial charge in [-0.2, -0.15) is 0 Å². The molecular weight excluding hydrogens is 358 g/mol. The fourth-order valence-electron chi connectivity index (χ4n) is 2.83. The second-order valence-corrected chi connectivity index (χ2v) is 6.59. The van der Waals surface area contributed by atoms with Gasteiger partial charge in [0.25, 0.3) is 11.5 Å². The van der Waals surface area contributed by atoms with Crippen LogP contribution in [0, 0.1) is 0 Å². The number of carbonyl (C=O) groups excluding carboxylic acids is 2. The van der Waals surface area contributed by atoms with Crippen LogP contribution in [-0.4, -0.2) is 27.4 Å². The van der Waals surface area contributed by atoms with E-state index < -0.39 is 23.5 Å². The molecule has 2 heterocycles. The van der Waals surface area contributed by atoms with Gasteiger partial charge in [0.05, 0.1) is 18.6 Å². The summed E-state index contributed by atoms with van der Waals surface area (Å²) in [5.41, 5.74) is 0.621. The van der Waals surface area contributed by atoms with E-state index in [1.54, 1.807) is 50.4 Å². The molecule has 0 spiro atoms. The highest BCUT2D eigenvalue weighted by molar-refractivity contribution is 5.94. The quantitative estimate of drug-likeness (QED) is 0.665. The van der Waals surface area contributed by atoms with Gasteiger partial charge in [0.1, 0.15) is 11.2 Å². The van der Waals surface area contributed by atoms with Crippen LogP contribution in [0.25, 0.3) is 5.65 Å². The molecule has 3 aromatic rings. The lowest BCUT2D eigenvalue weighted by Crippen LogP contribution is -2.35. The van der Waals surface area contributed by atoms with Gasteiger partial charge in [0, 0.05) is 12.4 Å². The van der Waals surface area contributed by atoms with E-state index in [1.165, 1.54) is 10.6 Å². The maximum atomic E-state index is 12.8. The number of nitrogens with zero attached hydrogens (tertiary/aromatic N) is 2. The summed E-state index contributed by atoms with van der Waals surface area (Å²) in [7, 11) is 0. The highest BCUT2D eigenvalue weighted by Crippen LogP contribution is 2.18. The van der Waals surface area contributed by atoms with E-state index >= 15 is 0 Å². The molecule has 144 valence electrons. The lowest BCUT2D eigenvalue weighted by atomic mass is 10.0. The van der Waals surface area contributed by atoms with Crippen LogP contribution < -0.4 is 10.9 Å². The molecular formula is C21H21N3O4. The number of carbonyl (C=O) groups is 2. The maximum absolute atomic E-state index is 12.8. The van der Waals surface area contributed by atoms with Crippen LogP contribution in [0.1, 0.15) is 42.2 Å². The van der Waals surface area contributed by atoms with Gasteiger partial charge in [-0.05, 0) is 31.5 Å². The van der Waals surface area contributed by atoms with Gasteiger partial charge in [-0.15, -0.1) is 0 Å². The minimum absolute atomic E-state index is 0.0454. The number of benzene rings is 1. The third kappa shape index (κ3) is 4.43. The standard InChI is InChI=1S/C21H21N3O4/c1-14(2)28-19(25)12-17(15-8-4-3-5-9-15)23-20(26)16-13-22-18-10-6-7-11-24(18)21(16)27/h3-11,13-14,17H,12H2,1-2H3,(H,23,26). The van der Waals surface area contributed by atoms with Crippen LogP contribution in [0.5, 0.6) is 0 Å². The zero-order valence-electron chi connectivity index (χ0n) is 15.7. The van der Waals surface area contributed by atoms with E-state index in [4.69, 9.17) is 4.74 Å². The Balaban J connectivity index is 1.88. The first-order valence-electron chi connectivity index (χ1n) is 8.97. The van der Waals surface area contributed by atoms with Gasteiger partial charge in [-0.3, -0.25) is 18.8 Å². The van der Waals surface area contributed by atoms with Gasteiger partial charge in [-0.1, -0.05) is 36.4 Å². The number of nitrogens with one attached hydrogen (secondary N) is 1. The zero-order valence-corrected chi connectivity index (χ0v) is 15.7. The largest absolute Gasteiger partial charge is 0.463 e. The number of hydrogen-bond donors (Lipinski definition) is 1. The summed E-state index contributed by atoms with van der Waals surface area (Å²) in [6.45, 7) is 3.52. The fraction of sp³-hybridized carbons (Fsp3) is 0.238. The minimum Gasteiger partial charge on any atom is -0.463 e. The molecule has 3 rings (SSSR count). The summed E-state index contributed by atoms with van der Waals surface area (Å²) in [5.74, 6) is -1.03. The van der Waals surface area contributed by atoms with Crippen LogP contribution in [-0.2, 0) is 9.53 Å². The number of esters is 1. The molecule has 2 aromatic heterocycles. The van der Waals surface area contributed by atoms with Crippen molar-refractivity contribution < 1.29 is 14.3 Å². The first-order chi connectivity index (χ1) is 13.5. The van der Waals surface area contributed by atoms with Crippen molar-refractivity contribution >= 4 is 17.5 Å². The topological polar surface area (TPSA) is 89.8 Å². The lowest BCUT2D eigenvalue weighted by Gasteiger charge is -2.19. The summed E-state index contributed by atoms with van der Waals surface area (Å²) in [4.78, 5) is 41.7. The number of amides is 1. The van der Waals surface area contributed by atoms with Crippen molar-refractivity contribution in [1.82, 2.24) is 14.7 Å². The monoisotopic (exact) mass is 379 g/mol. The Morgan fingerprint density at radius 3 is 2.54 bits per heavy atom. The van der Waals surface area contributed by atoms with Crippen molar-refractivity contribution in [1.29, 1.82) is 0 Å². The highest BCUT2D eigenvalue weighted by Gasteiger charge is 2.22. The Bertz CT molecular complexity index is 1040. The summed E-state index contributed by atoms with van der Waals surface area (Å²) in [6, 6.07) is 13.6. The average molecular weight is 379 g/mol. The Hall–Kier alpha value is -3.48. The van der Waals surface area contributed by atoms with Crippen molar-refractivity contribution in [3.63, 3.8) is 0 Å². The number of fused-ring (bicyclic) bond motifs is 1. The Morgan fingerprint density at radius 1 is 1.11 bits per heavy atom. The lowest BCUT2D eigenvalue weighted by molar-refractivity contribution is -0.147. The zero-order chi connectivity index (χ0) is 20.1. The molecule has 1 aromatic carbocycles. The van der Waals surface area contributed by atoms with Crippen LogP contribution in [0.4, 0.5) is 0 Å². The summed E-state index contributed by atoms with van der Waals surface area (Å²) < 4.78 is 6.51. The summed E-state index contributed by atoms with van der Waals surface area (Å²) in [6.07, 6.45) is 2.50. The van der Waals surface area contributed by atoms with E-state index in [2.05, 4.69) is 10.3 Å². The summed E-state index contributed by atoms with van der Waals surface area (Å²) in [5, 5.41) is 2.77. The molecule has 0 aliphatic heterocycles. The Kier molecular flexibility index (Phi) is 5.84. The average Bonchev–Trinajstić information content (AvgIpc) is 2.68. The van der Waals surface area contributed by atoms with E-state index in [-0.39, 0.29) is 18.1 Å². The Morgan fingerprint density at radius 2 is 1.82 bits per heavy atom. The third-order valence-corrected chi connectivity index (χ3v) is 4.10. The number of ether oxygens (including phenoxy) is 1. The molecule has 0 bridgehead atoms. The van der Waals surface area contributed by atoms with Crippen LogP contribution in [0.2, 0.25) is 0 Å². The van der Waals surface area contributed by atoms with Crippen molar-refractivity contribution in [3.8, 4) is 0 Å². The molecule has 7 heteroatoms. The van der Waals surface area contributed by atoms with Gasteiger partial charge in [0.15, 0.2) is 0 Å². The van der Waals surface area contributed by atoms with Gasteiger partial charge < -0.3 is 10.1 Å². The Labute approximate surface area is 162 Å². The van der Waals surface area contributed by atoms with Crippen molar-refractivity contribution in [3.05, 3.63) is 82.4 Å². The number of aromatic nitrogens is 2. The fourth-order valence-corrected chi connectivity index (χ4v) is 2.83. The van der Waals surface area contributed by atoms with E-state index in [0.717, 1.165) is 5.56 Å². The normalized spacial score (nSPS) is 12.0. The molecule has 1 unspecified atom stereocenters. The predicted molar refractivity (Wildman–Crippen MR) is 104 cm³/mol. The first-order valence-corrected chi connectivity index (χ1v) is 8.97. The predicted octanol–water partition coefficient (Wildman–Crippen LogP) is 2.51. The SMILES string of the molecule is CC(C)OC(=O)CC(NC(=O)c1cnc2ccccn2c1=O)c1ccccc1. The molecule has 28 heavy (non-hydrogen) atoms. The number of pyridine rings is 1. The second kappa shape index (κ2) is 8.47. The number of rotatable bonds is 6.